The van der Waals surface area contributed by atoms with Gasteiger partial charge in [0.2, 0.25) is 0 Å². The van der Waals surface area contributed by atoms with Crippen molar-refractivity contribution in [2.24, 2.45) is 5.92 Å². The van der Waals surface area contributed by atoms with Crippen molar-refractivity contribution < 1.29 is 9.53 Å². The molecular formula is C24H21NO2. The third-order valence-corrected chi connectivity index (χ3v) is 5.37. The second kappa shape index (κ2) is 5.53. The predicted molar refractivity (Wildman–Crippen MR) is 108 cm³/mol. The number of carbonyl (C=O) groups is 1. The number of esters is 1. The van der Waals surface area contributed by atoms with E-state index < -0.39 is 5.60 Å². The molecular weight excluding hydrogens is 334 g/mol. The van der Waals surface area contributed by atoms with Gasteiger partial charge in [-0.3, -0.25) is 9.78 Å². The van der Waals surface area contributed by atoms with Crippen LogP contribution < -0.4 is 0 Å². The first-order valence-corrected chi connectivity index (χ1v) is 9.35. The van der Waals surface area contributed by atoms with Crippen LogP contribution in [0.5, 0.6) is 0 Å². The molecule has 0 N–H and O–H groups in total. The number of ether oxygens (including phenoxy) is 1. The third kappa shape index (κ3) is 2.49. The minimum absolute atomic E-state index is 0.154. The van der Waals surface area contributed by atoms with E-state index in [2.05, 4.69) is 53.6 Å². The largest absolute Gasteiger partial charge is 0.459 e. The van der Waals surface area contributed by atoms with E-state index in [1.165, 1.54) is 22.1 Å². The first-order chi connectivity index (χ1) is 12.9. The lowest BCUT2D eigenvalue weighted by molar-refractivity contribution is -0.157. The molecule has 0 saturated heterocycles. The minimum atomic E-state index is -0.487. The Labute approximate surface area is 158 Å². The Morgan fingerprint density at radius 1 is 1.15 bits per heavy atom. The van der Waals surface area contributed by atoms with Gasteiger partial charge < -0.3 is 4.74 Å². The predicted octanol–water partition coefficient (Wildman–Crippen LogP) is 5.24. The molecule has 0 saturated carbocycles. The van der Waals surface area contributed by atoms with Gasteiger partial charge in [0.15, 0.2) is 0 Å². The van der Waals surface area contributed by atoms with Gasteiger partial charge in [-0.05, 0) is 72.7 Å². The Balaban J connectivity index is 1.65. The number of hydrogen-bond donors (Lipinski definition) is 0. The van der Waals surface area contributed by atoms with E-state index in [4.69, 9.17) is 4.74 Å². The molecule has 2 aromatic rings. The Morgan fingerprint density at radius 2 is 2.00 bits per heavy atom. The van der Waals surface area contributed by atoms with Crippen LogP contribution in [-0.4, -0.2) is 16.6 Å². The summed E-state index contributed by atoms with van der Waals surface area (Å²) in [6.07, 6.45) is 11.1. The Morgan fingerprint density at radius 3 is 2.81 bits per heavy atom. The number of fused-ring (bicyclic) bond motifs is 4. The third-order valence-electron chi connectivity index (χ3n) is 5.37. The van der Waals surface area contributed by atoms with Crippen LogP contribution in [-0.2, 0) is 9.53 Å². The topological polar surface area (TPSA) is 39.2 Å². The van der Waals surface area contributed by atoms with E-state index in [0.29, 0.717) is 0 Å². The van der Waals surface area contributed by atoms with Gasteiger partial charge in [-0.15, -0.1) is 0 Å². The molecule has 2 bridgehead atoms. The lowest BCUT2D eigenvalue weighted by Gasteiger charge is -2.30. The zero-order valence-electron chi connectivity index (χ0n) is 15.7. The van der Waals surface area contributed by atoms with Crippen LogP contribution >= 0.6 is 0 Å². The molecule has 3 nitrogen and oxygen atoms in total. The number of rotatable bonds is 1. The number of benzene rings is 1. The summed E-state index contributed by atoms with van der Waals surface area (Å²) in [6.45, 7) is 5.75. The molecule has 3 heteroatoms. The van der Waals surface area contributed by atoms with Crippen molar-refractivity contribution in [2.75, 3.05) is 0 Å². The van der Waals surface area contributed by atoms with Gasteiger partial charge in [0.05, 0.1) is 5.52 Å². The van der Waals surface area contributed by atoms with Crippen LogP contribution in [0.4, 0.5) is 0 Å². The molecule has 0 fully saturated rings. The maximum atomic E-state index is 12.9. The van der Waals surface area contributed by atoms with E-state index >= 15 is 0 Å². The van der Waals surface area contributed by atoms with Crippen LogP contribution in [0.15, 0.2) is 65.4 Å². The molecule has 1 aromatic heterocycles. The normalized spacial score (nSPS) is 20.2. The molecule has 5 rings (SSSR count). The quantitative estimate of drug-likeness (QED) is 0.657. The maximum absolute atomic E-state index is 12.9. The van der Waals surface area contributed by atoms with E-state index in [9.17, 15) is 4.79 Å². The highest BCUT2D eigenvalue weighted by atomic mass is 16.6. The molecule has 3 aliphatic carbocycles. The summed E-state index contributed by atoms with van der Waals surface area (Å²) in [6, 6.07) is 8.35. The highest BCUT2D eigenvalue weighted by Crippen LogP contribution is 2.49. The fourth-order valence-electron chi connectivity index (χ4n) is 4.34. The monoisotopic (exact) mass is 355 g/mol. The second-order valence-electron chi connectivity index (χ2n) is 8.33. The molecule has 27 heavy (non-hydrogen) atoms. The molecule has 1 unspecified atom stereocenters. The van der Waals surface area contributed by atoms with Crippen molar-refractivity contribution in [3.05, 3.63) is 76.5 Å². The fraction of sp³-hybridized carbons (Fsp3) is 0.250. The van der Waals surface area contributed by atoms with Gasteiger partial charge in [-0.2, -0.15) is 0 Å². The van der Waals surface area contributed by atoms with E-state index in [1.54, 1.807) is 0 Å². The van der Waals surface area contributed by atoms with Gasteiger partial charge in [0.1, 0.15) is 11.5 Å². The molecule has 1 atom stereocenters. The zero-order chi connectivity index (χ0) is 18.8. The molecule has 134 valence electrons. The van der Waals surface area contributed by atoms with Crippen molar-refractivity contribution in [2.45, 2.75) is 32.8 Å². The summed E-state index contributed by atoms with van der Waals surface area (Å²) in [7, 11) is 0. The minimum Gasteiger partial charge on any atom is -0.459 e. The van der Waals surface area contributed by atoms with Gasteiger partial charge in [0.25, 0.3) is 0 Å². The van der Waals surface area contributed by atoms with Gasteiger partial charge in [-0.25, -0.2) is 0 Å². The highest BCUT2D eigenvalue weighted by Gasteiger charge is 2.39. The first kappa shape index (κ1) is 16.2. The van der Waals surface area contributed by atoms with Crippen molar-refractivity contribution >= 4 is 28.5 Å². The fourth-order valence-corrected chi connectivity index (χ4v) is 4.34. The van der Waals surface area contributed by atoms with E-state index in [0.717, 1.165) is 28.7 Å². The molecule has 3 aliphatic rings. The van der Waals surface area contributed by atoms with Crippen molar-refractivity contribution in [1.29, 1.82) is 0 Å². The Bertz CT molecular complexity index is 1120. The molecule has 0 aliphatic heterocycles. The average Bonchev–Trinajstić information content (AvgIpc) is 2.84. The number of pyridine rings is 1. The number of hydrogen-bond acceptors (Lipinski definition) is 3. The first-order valence-electron chi connectivity index (χ1n) is 9.35. The van der Waals surface area contributed by atoms with Crippen molar-refractivity contribution in [3.8, 4) is 0 Å². The number of nitrogens with zero attached hydrogens (tertiary/aromatic N) is 1. The van der Waals surface area contributed by atoms with Crippen LogP contribution in [0.3, 0.4) is 0 Å². The second-order valence-corrected chi connectivity index (χ2v) is 8.33. The van der Waals surface area contributed by atoms with Crippen LogP contribution in [0, 0.1) is 5.92 Å². The molecule has 0 radical (unpaired) electrons. The maximum Gasteiger partial charge on any atom is 0.318 e. The standard InChI is InChI=1S/C24H21NO2/c1-24(2,3)27-23(26)22-15-8-10-18(22)16-9-7-14-11-12-25-20-6-4-5-17(21(14)20)19(16)13-15/h4-12,22H,13H2,1-3H3. The molecule has 0 amide bonds. The lowest BCUT2D eigenvalue weighted by atomic mass is 9.77. The Hall–Kier alpha value is -2.94. The van der Waals surface area contributed by atoms with E-state index in [1.807, 2.05) is 27.0 Å². The highest BCUT2D eigenvalue weighted by molar-refractivity contribution is 6.03. The summed E-state index contributed by atoms with van der Waals surface area (Å²) in [5, 5.41) is 1.19. The molecule has 1 heterocycles. The Kier molecular flexibility index (Phi) is 3.33. The number of aromatic nitrogens is 1. The van der Waals surface area contributed by atoms with Gasteiger partial charge in [-0.1, -0.05) is 36.4 Å². The van der Waals surface area contributed by atoms with Gasteiger partial charge >= 0.3 is 5.97 Å². The smallest absolute Gasteiger partial charge is 0.318 e. The summed E-state index contributed by atoms with van der Waals surface area (Å²) >= 11 is 0. The van der Waals surface area contributed by atoms with Crippen molar-refractivity contribution in [1.82, 2.24) is 4.98 Å². The zero-order valence-corrected chi connectivity index (χ0v) is 15.7. The SMILES string of the molecule is CC(C)(C)OC(=O)C1C2=CC=C1C1=C(C2)c2cccc3nccc(c23)C=C1. The molecule has 0 spiro atoms. The van der Waals surface area contributed by atoms with Crippen LogP contribution in [0.1, 0.15) is 38.3 Å². The molecule has 1 aromatic carbocycles. The summed E-state index contributed by atoms with van der Waals surface area (Å²) < 4.78 is 5.71. The summed E-state index contributed by atoms with van der Waals surface area (Å²) in [5.74, 6) is -0.440. The lowest BCUT2D eigenvalue weighted by Crippen LogP contribution is -2.31. The summed E-state index contributed by atoms with van der Waals surface area (Å²) in [5.41, 5.74) is 7.50. The van der Waals surface area contributed by atoms with Gasteiger partial charge in [0, 0.05) is 11.6 Å². The van der Waals surface area contributed by atoms with Crippen LogP contribution in [0.2, 0.25) is 0 Å². The van der Waals surface area contributed by atoms with Crippen LogP contribution in [0.25, 0.3) is 22.6 Å². The average molecular weight is 355 g/mol. The number of allylic oxidation sites excluding steroid dienone is 5. The van der Waals surface area contributed by atoms with Crippen molar-refractivity contribution in [3.63, 3.8) is 0 Å². The van der Waals surface area contributed by atoms with E-state index in [-0.39, 0.29) is 11.9 Å². The summed E-state index contributed by atoms with van der Waals surface area (Å²) in [4.78, 5) is 17.4. The number of carbonyl (C=O) groups excluding carboxylic acids is 1.